The van der Waals surface area contributed by atoms with Crippen molar-refractivity contribution >= 4 is 0 Å². The summed E-state index contributed by atoms with van der Waals surface area (Å²) in [4.78, 5) is 0. The monoisotopic (exact) mass is 289 g/mol. The van der Waals surface area contributed by atoms with Crippen LogP contribution >= 0.6 is 0 Å². The summed E-state index contributed by atoms with van der Waals surface area (Å²) in [7, 11) is 1.94. The van der Waals surface area contributed by atoms with Crippen LogP contribution in [0.1, 0.15) is 36.8 Å². The van der Waals surface area contributed by atoms with Crippen molar-refractivity contribution in [2.24, 2.45) is 0 Å². The quantitative estimate of drug-likeness (QED) is 0.844. The minimum Gasteiger partial charge on any atom is -0.490 e. The van der Waals surface area contributed by atoms with Crippen molar-refractivity contribution in [3.05, 3.63) is 47.4 Å². The van der Waals surface area contributed by atoms with Gasteiger partial charge in [-0.25, -0.2) is 0 Å². The first-order valence-electron chi connectivity index (χ1n) is 7.32. The van der Waals surface area contributed by atoms with E-state index in [9.17, 15) is 0 Å². The van der Waals surface area contributed by atoms with Crippen molar-refractivity contribution in [3.63, 3.8) is 0 Å². The lowest BCUT2D eigenvalue weighted by molar-refractivity contribution is 0.287. The van der Waals surface area contributed by atoms with Gasteiger partial charge in [-0.2, -0.15) is 0 Å². The summed E-state index contributed by atoms with van der Waals surface area (Å²) in [6, 6.07) is 8.11. The summed E-state index contributed by atoms with van der Waals surface area (Å²) in [6.07, 6.45) is 1.72. The molecule has 0 saturated carbocycles. The van der Waals surface area contributed by atoms with Crippen LogP contribution < -0.4 is 14.8 Å². The van der Waals surface area contributed by atoms with Gasteiger partial charge in [0, 0.05) is 5.56 Å². The highest BCUT2D eigenvalue weighted by atomic mass is 16.5. The zero-order valence-electron chi connectivity index (χ0n) is 13.1. The van der Waals surface area contributed by atoms with Crippen LogP contribution in [0.15, 0.2) is 34.9 Å². The Morgan fingerprint density at radius 2 is 1.81 bits per heavy atom. The topological polar surface area (TPSA) is 43.6 Å². The molecule has 0 radical (unpaired) electrons. The maximum atomic E-state index is 5.70. The fraction of sp³-hybridized carbons (Fsp3) is 0.412. The van der Waals surface area contributed by atoms with Crippen LogP contribution in [0.4, 0.5) is 0 Å². The number of rotatable bonds is 7. The Bertz CT molecular complexity index is 577. The van der Waals surface area contributed by atoms with Gasteiger partial charge in [0.1, 0.15) is 5.76 Å². The van der Waals surface area contributed by atoms with Crippen molar-refractivity contribution < 1.29 is 13.9 Å². The molecule has 114 valence electrons. The van der Waals surface area contributed by atoms with E-state index in [1.807, 2.05) is 46.0 Å². The summed E-state index contributed by atoms with van der Waals surface area (Å²) in [5, 5.41) is 3.33. The van der Waals surface area contributed by atoms with Gasteiger partial charge in [-0.1, -0.05) is 6.07 Å². The molecule has 0 aliphatic carbocycles. The maximum absolute atomic E-state index is 5.70. The van der Waals surface area contributed by atoms with E-state index in [4.69, 9.17) is 13.9 Å². The summed E-state index contributed by atoms with van der Waals surface area (Å²) >= 11 is 0. The highest BCUT2D eigenvalue weighted by Crippen LogP contribution is 2.33. The Hall–Kier alpha value is -1.94. The molecule has 2 aromatic rings. The second-order valence-electron chi connectivity index (χ2n) is 4.73. The van der Waals surface area contributed by atoms with Crippen LogP contribution in [0, 0.1) is 6.92 Å². The Labute approximate surface area is 126 Å². The molecule has 1 atom stereocenters. The summed E-state index contributed by atoms with van der Waals surface area (Å²) < 4.78 is 16.7. The molecule has 2 rings (SSSR count). The molecular formula is C17H23NO3. The zero-order chi connectivity index (χ0) is 15.2. The van der Waals surface area contributed by atoms with Crippen LogP contribution in [0.2, 0.25) is 0 Å². The van der Waals surface area contributed by atoms with Crippen molar-refractivity contribution in [1.29, 1.82) is 0 Å². The normalized spacial score (nSPS) is 12.2. The number of benzene rings is 1. The third-order valence-corrected chi connectivity index (χ3v) is 3.40. The molecule has 0 aliphatic rings. The number of ether oxygens (including phenoxy) is 2. The average molecular weight is 289 g/mol. The van der Waals surface area contributed by atoms with Gasteiger partial charge in [0.05, 0.1) is 25.5 Å². The SMILES string of the molecule is CCOc1ccc(C(NC)c2ccoc2C)cc1OCC. The molecule has 0 spiro atoms. The van der Waals surface area contributed by atoms with Gasteiger partial charge < -0.3 is 19.2 Å². The molecule has 4 heteroatoms. The van der Waals surface area contributed by atoms with E-state index >= 15 is 0 Å². The number of hydrogen-bond acceptors (Lipinski definition) is 4. The molecule has 0 aliphatic heterocycles. The fourth-order valence-corrected chi connectivity index (χ4v) is 2.44. The molecular weight excluding hydrogens is 266 g/mol. The van der Waals surface area contributed by atoms with E-state index in [0.717, 1.165) is 28.4 Å². The Morgan fingerprint density at radius 1 is 1.10 bits per heavy atom. The molecule has 21 heavy (non-hydrogen) atoms. The van der Waals surface area contributed by atoms with Crippen LogP contribution in [-0.4, -0.2) is 20.3 Å². The fourth-order valence-electron chi connectivity index (χ4n) is 2.44. The first-order valence-corrected chi connectivity index (χ1v) is 7.32. The van der Waals surface area contributed by atoms with E-state index in [1.54, 1.807) is 6.26 Å². The number of hydrogen-bond donors (Lipinski definition) is 1. The molecule has 1 aromatic heterocycles. The second-order valence-corrected chi connectivity index (χ2v) is 4.73. The predicted molar refractivity (Wildman–Crippen MR) is 83.1 cm³/mol. The number of nitrogens with one attached hydrogen (secondary N) is 1. The van der Waals surface area contributed by atoms with E-state index in [0.29, 0.717) is 13.2 Å². The van der Waals surface area contributed by atoms with Crippen molar-refractivity contribution in [2.45, 2.75) is 26.8 Å². The van der Waals surface area contributed by atoms with Gasteiger partial charge in [0.15, 0.2) is 11.5 Å². The van der Waals surface area contributed by atoms with E-state index in [2.05, 4.69) is 11.4 Å². The molecule has 4 nitrogen and oxygen atoms in total. The smallest absolute Gasteiger partial charge is 0.161 e. The first-order chi connectivity index (χ1) is 10.2. The summed E-state index contributed by atoms with van der Waals surface area (Å²) in [5.41, 5.74) is 2.25. The average Bonchev–Trinajstić information content (AvgIpc) is 2.89. The van der Waals surface area contributed by atoms with Gasteiger partial charge in [0.25, 0.3) is 0 Å². The van der Waals surface area contributed by atoms with Gasteiger partial charge in [-0.3, -0.25) is 0 Å². The highest BCUT2D eigenvalue weighted by Gasteiger charge is 2.18. The Morgan fingerprint density at radius 3 is 2.38 bits per heavy atom. The minimum absolute atomic E-state index is 0.0682. The Balaban J connectivity index is 2.38. The third-order valence-electron chi connectivity index (χ3n) is 3.40. The lowest BCUT2D eigenvalue weighted by Crippen LogP contribution is -2.18. The van der Waals surface area contributed by atoms with Crippen LogP contribution in [-0.2, 0) is 0 Å². The first kappa shape index (κ1) is 15.4. The van der Waals surface area contributed by atoms with Crippen LogP contribution in [0.5, 0.6) is 11.5 Å². The third kappa shape index (κ3) is 3.39. The van der Waals surface area contributed by atoms with Crippen LogP contribution in [0.3, 0.4) is 0 Å². The van der Waals surface area contributed by atoms with Crippen molar-refractivity contribution in [3.8, 4) is 11.5 Å². The standard InChI is InChI=1S/C17H23NO3/c1-5-19-15-8-7-13(11-16(15)20-6-2)17(18-4)14-9-10-21-12(14)3/h7-11,17-18H,5-6H2,1-4H3. The largest absolute Gasteiger partial charge is 0.490 e. The van der Waals surface area contributed by atoms with Gasteiger partial charge in [-0.05, 0) is 51.6 Å². The second kappa shape index (κ2) is 7.18. The summed E-state index contributed by atoms with van der Waals surface area (Å²) in [5.74, 6) is 2.47. The van der Waals surface area contributed by atoms with E-state index < -0.39 is 0 Å². The predicted octanol–water partition coefficient (Wildman–Crippen LogP) is 3.69. The molecule has 0 fully saturated rings. The minimum atomic E-state index is 0.0682. The molecule has 0 amide bonds. The lowest BCUT2D eigenvalue weighted by Gasteiger charge is -2.19. The molecule has 1 unspecified atom stereocenters. The van der Waals surface area contributed by atoms with Crippen LogP contribution in [0.25, 0.3) is 0 Å². The zero-order valence-corrected chi connectivity index (χ0v) is 13.1. The molecule has 1 aromatic carbocycles. The molecule has 1 heterocycles. The molecule has 0 saturated heterocycles. The van der Waals surface area contributed by atoms with E-state index in [1.165, 1.54) is 0 Å². The van der Waals surface area contributed by atoms with Crippen molar-refractivity contribution in [2.75, 3.05) is 20.3 Å². The van der Waals surface area contributed by atoms with Crippen molar-refractivity contribution in [1.82, 2.24) is 5.32 Å². The van der Waals surface area contributed by atoms with E-state index in [-0.39, 0.29) is 6.04 Å². The number of aryl methyl sites for hydroxylation is 1. The molecule has 1 N–H and O–H groups in total. The molecule has 0 bridgehead atoms. The van der Waals surface area contributed by atoms with Gasteiger partial charge >= 0.3 is 0 Å². The van der Waals surface area contributed by atoms with Gasteiger partial charge in [-0.15, -0.1) is 0 Å². The highest BCUT2D eigenvalue weighted by molar-refractivity contribution is 5.46. The Kier molecular flexibility index (Phi) is 5.28. The maximum Gasteiger partial charge on any atom is 0.161 e. The van der Waals surface area contributed by atoms with Gasteiger partial charge in [0.2, 0.25) is 0 Å². The summed E-state index contributed by atoms with van der Waals surface area (Å²) in [6.45, 7) is 7.14. The number of furan rings is 1. The lowest BCUT2D eigenvalue weighted by atomic mass is 9.99.